The van der Waals surface area contributed by atoms with Gasteiger partial charge in [-0.05, 0) is 55.8 Å². The number of ketones is 1. The minimum Gasteiger partial charge on any atom is -0.507 e. The fourth-order valence-electron chi connectivity index (χ4n) is 4.54. The normalized spacial score (nSPS) is 16.6. The van der Waals surface area contributed by atoms with Crippen molar-refractivity contribution >= 4 is 34.5 Å². The topological polar surface area (TPSA) is 113 Å². The summed E-state index contributed by atoms with van der Waals surface area (Å²) in [5.41, 5.74) is 1.71. The highest BCUT2D eigenvalue weighted by Crippen LogP contribution is 2.43. The van der Waals surface area contributed by atoms with Crippen molar-refractivity contribution < 1.29 is 24.4 Å². The van der Waals surface area contributed by atoms with Gasteiger partial charge in [0, 0.05) is 42.2 Å². The Hall–Kier alpha value is -4.66. The number of carbonyl (C=O) groups is 2. The molecule has 37 heavy (non-hydrogen) atoms. The number of non-ortho nitro benzene ring substituents is 1. The Morgan fingerprint density at radius 3 is 2.24 bits per heavy atom. The summed E-state index contributed by atoms with van der Waals surface area (Å²) < 4.78 is 5.24. The van der Waals surface area contributed by atoms with Crippen molar-refractivity contribution in [3.05, 3.63) is 99.6 Å². The molecule has 1 N–H and O–H groups in total. The molecule has 1 saturated heterocycles. The SMILES string of the molecule is CCN(CC)c1ccc(N2C(=O)C(=O)/C(=C(\O)c3cccc([N+](=O)[O-])c3)C2c2ccc(OC)cc2)cc1. The third kappa shape index (κ3) is 4.75. The Kier molecular flexibility index (Phi) is 7.24. The smallest absolute Gasteiger partial charge is 0.300 e. The van der Waals surface area contributed by atoms with Crippen molar-refractivity contribution in [2.75, 3.05) is 30.0 Å². The van der Waals surface area contributed by atoms with Gasteiger partial charge in [-0.2, -0.15) is 0 Å². The lowest BCUT2D eigenvalue weighted by Gasteiger charge is -2.27. The van der Waals surface area contributed by atoms with Gasteiger partial charge in [0.15, 0.2) is 0 Å². The van der Waals surface area contributed by atoms with Crippen molar-refractivity contribution in [2.24, 2.45) is 0 Å². The average Bonchev–Trinajstić information content (AvgIpc) is 3.19. The molecule has 3 aromatic carbocycles. The van der Waals surface area contributed by atoms with E-state index in [-0.39, 0.29) is 16.8 Å². The van der Waals surface area contributed by atoms with Gasteiger partial charge < -0.3 is 14.7 Å². The van der Waals surface area contributed by atoms with E-state index in [1.165, 1.54) is 36.3 Å². The van der Waals surface area contributed by atoms with Gasteiger partial charge in [0.2, 0.25) is 0 Å². The number of methoxy groups -OCH3 is 1. The van der Waals surface area contributed by atoms with Crippen molar-refractivity contribution in [3.8, 4) is 5.75 Å². The van der Waals surface area contributed by atoms with Crippen LogP contribution in [0.4, 0.5) is 17.1 Å². The molecule has 1 amide bonds. The van der Waals surface area contributed by atoms with E-state index >= 15 is 0 Å². The second kappa shape index (κ2) is 10.5. The van der Waals surface area contributed by atoms with Crippen LogP contribution in [0.2, 0.25) is 0 Å². The Labute approximate surface area is 214 Å². The molecular formula is C28H27N3O6. The monoisotopic (exact) mass is 501 g/mol. The number of nitro groups is 1. The second-order valence-electron chi connectivity index (χ2n) is 8.44. The number of ether oxygens (including phenoxy) is 1. The Morgan fingerprint density at radius 1 is 1.03 bits per heavy atom. The molecule has 9 nitrogen and oxygen atoms in total. The number of nitro benzene ring substituents is 1. The Morgan fingerprint density at radius 2 is 1.68 bits per heavy atom. The molecule has 1 fully saturated rings. The first-order valence-electron chi connectivity index (χ1n) is 11.9. The molecule has 1 atom stereocenters. The van der Waals surface area contributed by atoms with Crippen LogP contribution < -0.4 is 14.5 Å². The number of carbonyl (C=O) groups excluding carboxylic acids is 2. The first-order valence-corrected chi connectivity index (χ1v) is 11.9. The van der Waals surface area contributed by atoms with Crippen LogP contribution in [-0.2, 0) is 9.59 Å². The van der Waals surface area contributed by atoms with Gasteiger partial charge >= 0.3 is 0 Å². The number of rotatable bonds is 8. The summed E-state index contributed by atoms with van der Waals surface area (Å²) in [6.45, 7) is 5.73. The summed E-state index contributed by atoms with van der Waals surface area (Å²) in [6.07, 6.45) is 0. The maximum atomic E-state index is 13.4. The predicted octanol–water partition coefficient (Wildman–Crippen LogP) is 5.08. The fraction of sp³-hybridized carbons (Fsp3) is 0.214. The van der Waals surface area contributed by atoms with Gasteiger partial charge in [0.1, 0.15) is 11.5 Å². The van der Waals surface area contributed by atoms with Gasteiger partial charge in [0.05, 0.1) is 23.6 Å². The van der Waals surface area contributed by atoms with Crippen molar-refractivity contribution in [1.29, 1.82) is 0 Å². The van der Waals surface area contributed by atoms with E-state index in [2.05, 4.69) is 4.90 Å². The number of anilines is 2. The number of amides is 1. The summed E-state index contributed by atoms with van der Waals surface area (Å²) in [5, 5.41) is 22.5. The number of hydrogen-bond donors (Lipinski definition) is 1. The van der Waals surface area contributed by atoms with Crippen LogP contribution in [0.1, 0.15) is 31.0 Å². The molecule has 0 bridgehead atoms. The van der Waals surface area contributed by atoms with Crippen LogP contribution in [0.25, 0.3) is 5.76 Å². The number of aliphatic hydroxyl groups is 1. The first-order chi connectivity index (χ1) is 17.8. The number of aliphatic hydroxyl groups excluding tert-OH is 1. The fourth-order valence-corrected chi connectivity index (χ4v) is 4.54. The van der Waals surface area contributed by atoms with Crippen molar-refractivity contribution in [3.63, 3.8) is 0 Å². The van der Waals surface area contributed by atoms with E-state index in [0.29, 0.717) is 17.0 Å². The quantitative estimate of drug-likeness (QED) is 0.151. The zero-order valence-electron chi connectivity index (χ0n) is 20.7. The summed E-state index contributed by atoms with van der Waals surface area (Å²) in [5.74, 6) is -1.57. The lowest BCUT2D eigenvalue weighted by molar-refractivity contribution is -0.384. The number of Topliss-reactive ketones (excluding diaryl/α,β-unsaturated/α-hetero) is 1. The van der Waals surface area contributed by atoms with Crippen LogP contribution in [0.5, 0.6) is 5.75 Å². The van der Waals surface area contributed by atoms with Crippen LogP contribution in [0, 0.1) is 10.1 Å². The zero-order valence-corrected chi connectivity index (χ0v) is 20.7. The molecule has 0 aliphatic carbocycles. The molecule has 0 spiro atoms. The molecule has 9 heteroatoms. The summed E-state index contributed by atoms with van der Waals surface area (Å²) in [4.78, 5) is 40.9. The number of nitrogens with zero attached hydrogens (tertiary/aromatic N) is 3. The van der Waals surface area contributed by atoms with Gasteiger partial charge in [-0.25, -0.2) is 0 Å². The van der Waals surface area contributed by atoms with Gasteiger partial charge in [0.25, 0.3) is 17.4 Å². The van der Waals surface area contributed by atoms with Gasteiger partial charge in [-0.3, -0.25) is 24.6 Å². The minimum absolute atomic E-state index is 0.0718. The molecule has 0 saturated carbocycles. The molecule has 3 aromatic rings. The summed E-state index contributed by atoms with van der Waals surface area (Å²) in [7, 11) is 1.53. The third-order valence-corrected chi connectivity index (χ3v) is 6.46. The highest BCUT2D eigenvalue weighted by molar-refractivity contribution is 6.51. The molecule has 1 heterocycles. The second-order valence-corrected chi connectivity index (χ2v) is 8.44. The standard InChI is InChI=1S/C28H27N3O6/c1-4-29(5-2)20-11-13-21(14-12-20)30-25(18-9-15-23(37-3)16-10-18)24(27(33)28(30)34)26(32)19-7-6-8-22(17-19)31(35)36/h6-17,25,32H,4-5H2,1-3H3/b26-24-. The Bertz CT molecular complexity index is 1360. The maximum absolute atomic E-state index is 13.4. The van der Waals surface area contributed by atoms with E-state index in [1.54, 1.807) is 36.4 Å². The first kappa shape index (κ1) is 25.4. The molecule has 1 aliphatic heterocycles. The molecule has 190 valence electrons. The van der Waals surface area contributed by atoms with Gasteiger partial charge in [-0.15, -0.1) is 0 Å². The molecule has 0 radical (unpaired) electrons. The summed E-state index contributed by atoms with van der Waals surface area (Å²) in [6, 6.07) is 18.5. The molecule has 1 unspecified atom stereocenters. The highest BCUT2D eigenvalue weighted by Gasteiger charge is 2.47. The van der Waals surface area contributed by atoms with Crippen molar-refractivity contribution in [1.82, 2.24) is 0 Å². The summed E-state index contributed by atoms with van der Waals surface area (Å²) >= 11 is 0. The molecule has 1 aliphatic rings. The average molecular weight is 502 g/mol. The van der Waals surface area contributed by atoms with E-state index in [9.17, 15) is 24.8 Å². The van der Waals surface area contributed by atoms with E-state index in [4.69, 9.17) is 4.74 Å². The van der Waals surface area contributed by atoms with Crippen molar-refractivity contribution in [2.45, 2.75) is 19.9 Å². The predicted molar refractivity (Wildman–Crippen MR) is 141 cm³/mol. The lowest BCUT2D eigenvalue weighted by atomic mass is 9.95. The van der Waals surface area contributed by atoms with Crippen LogP contribution in [0.15, 0.2) is 78.4 Å². The maximum Gasteiger partial charge on any atom is 0.300 e. The van der Waals surface area contributed by atoms with Crippen LogP contribution in [-0.4, -0.2) is 41.9 Å². The number of hydrogen-bond acceptors (Lipinski definition) is 7. The minimum atomic E-state index is -0.954. The Balaban J connectivity index is 1.88. The van der Waals surface area contributed by atoms with E-state index in [0.717, 1.165) is 18.8 Å². The molecule has 0 aromatic heterocycles. The zero-order chi connectivity index (χ0) is 26.7. The van der Waals surface area contributed by atoms with Crippen LogP contribution >= 0.6 is 0 Å². The lowest BCUT2D eigenvalue weighted by Crippen LogP contribution is -2.29. The van der Waals surface area contributed by atoms with E-state index < -0.39 is 28.4 Å². The molecule has 4 rings (SSSR count). The van der Waals surface area contributed by atoms with Gasteiger partial charge in [-0.1, -0.05) is 24.3 Å². The number of benzene rings is 3. The molecular weight excluding hydrogens is 474 g/mol. The highest BCUT2D eigenvalue weighted by atomic mass is 16.6. The van der Waals surface area contributed by atoms with Crippen LogP contribution in [0.3, 0.4) is 0 Å². The largest absolute Gasteiger partial charge is 0.507 e. The third-order valence-electron chi connectivity index (χ3n) is 6.46. The van der Waals surface area contributed by atoms with E-state index in [1.807, 2.05) is 26.0 Å².